The van der Waals surface area contributed by atoms with Gasteiger partial charge >= 0.3 is 0 Å². The first-order valence-corrected chi connectivity index (χ1v) is 9.82. The molecule has 24 heavy (non-hydrogen) atoms. The standard InChI is InChI=1S/C18H24N4OS/c23-18(14-7-10-24-13-14)19-8-5-16-11-21(15-3-1-2-4-15)12-17-6-9-20-22(16)17/h6-7,9-10,13,15-16H,1-5,8,11-12H2,(H,19,23)/t16-/m0/s1. The largest absolute Gasteiger partial charge is 0.352 e. The minimum atomic E-state index is 0.0281. The van der Waals surface area contributed by atoms with Gasteiger partial charge in [0.05, 0.1) is 11.7 Å². The normalized spacial score (nSPS) is 21.8. The van der Waals surface area contributed by atoms with Gasteiger partial charge in [-0.2, -0.15) is 16.4 Å². The third kappa shape index (κ3) is 3.26. The predicted octanol–water partition coefficient (Wildman–Crippen LogP) is 3.06. The zero-order valence-corrected chi connectivity index (χ0v) is 14.7. The fourth-order valence-electron chi connectivity index (χ4n) is 4.03. The predicted molar refractivity (Wildman–Crippen MR) is 95.2 cm³/mol. The van der Waals surface area contributed by atoms with Crippen LogP contribution >= 0.6 is 11.3 Å². The van der Waals surface area contributed by atoms with Crippen LogP contribution in [-0.2, 0) is 6.54 Å². The summed E-state index contributed by atoms with van der Waals surface area (Å²) in [5.41, 5.74) is 2.07. The van der Waals surface area contributed by atoms with E-state index < -0.39 is 0 Å². The minimum Gasteiger partial charge on any atom is -0.352 e. The van der Waals surface area contributed by atoms with E-state index in [-0.39, 0.29) is 5.91 Å². The average Bonchev–Trinajstić information content (AvgIpc) is 3.35. The van der Waals surface area contributed by atoms with Gasteiger partial charge in [0.15, 0.2) is 0 Å². The Balaban J connectivity index is 1.37. The van der Waals surface area contributed by atoms with Crippen molar-refractivity contribution >= 4 is 17.2 Å². The summed E-state index contributed by atoms with van der Waals surface area (Å²) in [6, 6.07) is 5.09. The van der Waals surface area contributed by atoms with Crippen LogP contribution in [0.5, 0.6) is 0 Å². The highest BCUT2D eigenvalue weighted by molar-refractivity contribution is 7.08. The van der Waals surface area contributed by atoms with E-state index in [4.69, 9.17) is 0 Å². The number of fused-ring (bicyclic) bond motifs is 1. The van der Waals surface area contributed by atoms with Crippen LogP contribution in [-0.4, -0.2) is 39.7 Å². The summed E-state index contributed by atoms with van der Waals surface area (Å²) in [5, 5.41) is 11.4. The quantitative estimate of drug-likeness (QED) is 0.907. The van der Waals surface area contributed by atoms with E-state index in [2.05, 4.69) is 26.1 Å². The molecule has 0 unspecified atom stereocenters. The summed E-state index contributed by atoms with van der Waals surface area (Å²) in [4.78, 5) is 14.7. The number of hydrogen-bond acceptors (Lipinski definition) is 4. The Morgan fingerprint density at radius 3 is 3.00 bits per heavy atom. The molecule has 0 bridgehead atoms. The molecule has 2 aliphatic rings. The van der Waals surface area contributed by atoms with Crippen LogP contribution in [0.25, 0.3) is 0 Å². The molecule has 0 aromatic carbocycles. The third-order valence-corrected chi connectivity index (χ3v) is 5.98. The first kappa shape index (κ1) is 15.8. The zero-order valence-electron chi connectivity index (χ0n) is 13.9. The van der Waals surface area contributed by atoms with Gasteiger partial charge in [0.1, 0.15) is 0 Å². The first-order chi connectivity index (χ1) is 11.8. The molecule has 128 valence electrons. The summed E-state index contributed by atoms with van der Waals surface area (Å²) in [6.07, 6.45) is 8.22. The fraction of sp³-hybridized carbons (Fsp3) is 0.556. The molecule has 1 aliphatic heterocycles. The molecule has 2 aromatic heterocycles. The van der Waals surface area contributed by atoms with Crippen LogP contribution in [0.3, 0.4) is 0 Å². The van der Waals surface area contributed by atoms with Crippen molar-refractivity contribution in [3.8, 4) is 0 Å². The number of aromatic nitrogens is 2. The molecule has 1 aliphatic carbocycles. The van der Waals surface area contributed by atoms with Crippen LogP contribution in [0.15, 0.2) is 29.1 Å². The Morgan fingerprint density at radius 1 is 1.33 bits per heavy atom. The van der Waals surface area contributed by atoms with Crippen molar-refractivity contribution in [3.05, 3.63) is 40.3 Å². The van der Waals surface area contributed by atoms with Crippen LogP contribution in [0.4, 0.5) is 0 Å². The number of amides is 1. The van der Waals surface area contributed by atoms with Crippen LogP contribution in [0, 0.1) is 0 Å². The average molecular weight is 344 g/mol. The molecule has 0 radical (unpaired) electrons. The Hall–Kier alpha value is -1.66. The van der Waals surface area contributed by atoms with Gasteiger partial charge in [0.25, 0.3) is 5.91 Å². The van der Waals surface area contributed by atoms with E-state index in [1.807, 2.05) is 23.0 Å². The smallest absolute Gasteiger partial charge is 0.252 e. The fourth-order valence-corrected chi connectivity index (χ4v) is 4.66. The number of rotatable bonds is 5. The lowest BCUT2D eigenvalue weighted by Crippen LogP contribution is -2.43. The van der Waals surface area contributed by atoms with E-state index >= 15 is 0 Å². The molecule has 1 fully saturated rings. The van der Waals surface area contributed by atoms with Gasteiger partial charge in [-0.05, 0) is 36.8 Å². The number of nitrogens with one attached hydrogen (secondary N) is 1. The Bertz CT molecular complexity index is 675. The lowest BCUT2D eigenvalue weighted by atomic mass is 10.1. The zero-order chi connectivity index (χ0) is 16.4. The molecular weight excluding hydrogens is 320 g/mol. The molecule has 0 spiro atoms. The highest BCUT2D eigenvalue weighted by atomic mass is 32.1. The Kier molecular flexibility index (Phi) is 4.67. The van der Waals surface area contributed by atoms with Crippen molar-refractivity contribution in [2.24, 2.45) is 0 Å². The lowest BCUT2D eigenvalue weighted by molar-refractivity contribution is 0.0940. The van der Waals surface area contributed by atoms with Gasteiger partial charge < -0.3 is 5.32 Å². The lowest BCUT2D eigenvalue weighted by Gasteiger charge is -2.37. The van der Waals surface area contributed by atoms with E-state index in [0.29, 0.717) is 12.6 Å². The number of carbonyl (C=O) groups is 1. The van der Waals surface area contributed by atoms with Crippen molar-refractivity contribution in [1.29, 1.82) is 0 Å². The molecule has 4 rings (SSSR count). The maximum absolute atomic E-state index is 12.1. The number of nitrogens with zero attached hydrogens (tertiary/aromatic N) is 3. The van der Waals surface area contributed by atoms with Crippen LogP contribution < -0.4 is 5.32 Å². The SMILES string of the molecule is O=C(NCC[C@H]1CN(C2CCCC2)Cc2ccnn21)c1ccsc1. The minimum absolute atomic E-state index is 0.0281. The van der Waals surface area contributed by atoms with E-state index in [9.17, 15) is 4.79 Å². The molecule has 1 atom stereocenters. The maximum atomic E-state index is 12.1. The summed E-state index contributed by atoms with van der Waals surface area (Å²) < 4.78 is 2.17. The highest BCUT2D eigenvalue weighted by Crippen LogP contribution is 2.30. The summed E-state index contributed by atoms with van der Waals surface area (Å²) in [6.45, 7) is 2.76. The van der Waals surface area contributed by atoms with Crippen molar-refractivity contribution in [2.75, 3.05) is 13.1 Å². The monoisotopic (exact) mass is 344 g/mol. The molecule has 2 aromatic rings. The van der Waals surface area contributed by atoms with Gasteiger partial charge in [-0.15, -0.1) is 0 Å². The van der Waals surface area contributed by atoms with E-state index in [1.54, 1.807) is 11.3 Å². The summed E-state index contributed by atoms with van der Waals surface area (Å²) in [7, 11) is 0. The molecule has 1 amide bonds. The van der Waals surface area contributed by atoms with Gasteiger partial charge in [-0.1, -0.05) is 12.8 Å². The van der Waals surface area contributed by atoms with Gasteiger partial charge in [0, 0.05) is 42.8 Å². The topological polar surface area (TPSA) is 50.2 Å². The number of hydrogen-bond donors (Lipinski definition) is 1. The van der Waals surface area contributed by atoms with E-state index in [0.717, 1.165) is 31.1 Å². The van der Waals surface area contributed by atoms with Crippen molar-refractivity contribution in [2.45, 2.75) is 50.7 Å². The second-order valence-electron chi connectivity index (χ2n) is 6.85. The second-order valence-corrected chi connectivity index (χ2v) is 7.63. The van der Waals surface area contributed by atoms with Gasteiger partial charge in [-0.25, -0.2) is 0 Å². The summed E-state index contributed by atoms with van der Waals surface area (Å²) in [5.74, 6) is 0.0281. The molecular formula is C18H24N4OS. The van der Waals surface area contributed by atoms with Crippen molar-refractivity contribution in [3.63, 3.8) is 0 Å². The van der Waals surface area contributed by atoms with Crippen LogP contribution in [0.1, 0.15) is 54.2 Å². The molecule has 0 saturated heterocycles. The number of thiophene rings is 1. The third-order valence-electron chi connectivity index (χ3n) is 5.30. The molecule has 6 heteroatoms. The van der Waals surface area contributed by atoms with Crippen LogP contribution in [0.2, 0.25) is 0 Å². The van der Waals surface area contributed by atoms with Gasteiger partial charge in [0.2, 0.25) is 0 Å². The molecule has 3 heterocycles. The van der Waals surface area contributed by atoms with E-state index in [1.165, 1.54) is 31.4 Å². The Labute approximate surface area is 146 Å². The Morgan fingerprint density at radius 2 is 2.21 bits per heavy atom. The van der Waals surface area contributed by atoms with Gasteiger partial charge in [-0.3, -0.25) is 14.4 Å². The highest BCUT2D eigenvalue weighted by Gasteiger charge is 2.31. The first-order valence-electron chi connectivity index (χ1n) is 8.88. The molecule has 1 saturated carbocycles. The molecule has 5 nitrogen and oxygen atoms in total. The molecule has 1 N–H and O–H groups in total. The second kappa shape index (κ2) is 7.07. The van der Waals surface area contributed by atoms with Crippen molar-refractivity contribution in [1.82, 2.24) is 20.0 Å². The van der Waals surface area contributed by atoms with Crippen molar-refractivity contribution < 1.29 is 4.79 Å². The summed E-state index contributed by atoms with van der Waals surface area (Å²) >= 11 is 1.55. The number of carbonyl (C=O) groups excluding carboxylic acids is 1. The maximum Gasteiger partial charge on any atom is 0.252 e.